The normalized spacial score (nSPS) is 11.2. The lowest BCUT2D eigenvalue weighted by atomic mass is 10.2. The van der Waals surface area contributed by atoms with Gasteiger partial charge in [-0.1, -0.05) is 40.9 Å². The van der Waals surface area contributed by atoms with E-state index in [-0.39, 0.29) is 18.0 Å². The topological polar surface area (TPSA) is 84.5 Å². The fourth-order valence-corrected chi connectivity index (χ4v) is 3.16. The Morgan fingerprint density at radius 1 is 1.08 bits per heavy atom. The summed E-state index contributed by atoms with van der Waals surface area (Å²) in [5, 5.41) is 3.13. The van der Waals surface area contributed by atoms with Gasteiger partial charge >= 0.3 is 6.09 Å². The van der Waals surface area contributed by atoms with Gasteiger partial charge in [-0.05, 0) is 37.3 Å². The van der Waals surface area contributed by atoms with Crippen LogP contribution in [0.2, 0.25) is 10.0 Å². The van der Waals surface area contributed by atoms with Crippen LogP contribution in [0.3, 0.4) is 0 Å². The van der Waals surface area contributed by atoms with Crippen LogP contribution < -0.4 is 10.0 Å². The number of carbonyl (C=O) groups excluding carboxylic acids is 1. The van der Waals surface area contributed by atoms with Gasteiger partial charge in [0.05, 0.1) is 14.9 Å². The fourth-order valence-electron chi connectivity index (χ4n) is 1.85. The molecule has 0 aliphatic carbocycles. The largest absolute Gasteiger partial charge is 0.448 e. The van der Waals surface area contributed by atoms with Crippen molar-refractivity contribution in [3.05, 3.63) is 58.1 Å². The summed E-state index contributed by atoms with van der Waals surface area (Å²) in [6.45, 7) is 1.69. The molecule has 2 aromatic rings. The molecule has 134 valence electrons. The van der Waals surface area contributed by atoms with Crippen LogP contribution in [0.15, 0.2) is 47.4 Å². The molecule has 0 aromatic heterocycles. The monoisotopic (exact) mass is 402 g/mol. The van der Waals surface area contributed by atoms with E-state index in [2.05, 4.69) is 10.0 Å². The molecule has 2 N–H and O–H groups in total. The fraction of sp³-hybridized carbons (Fsp3) is 0.188. The molecule has 9 heteroatoms. The Bertz CT molecular complexity index is 855. The van der Waals surface area contributed by atoms with Gasteiger partial charge in [-0.2, -0.15) is 0 Å². The molecule has 0 bridgehead atoms. The van der Waals surface area contributed by atoms with Crippen LogP contribution in [-0.2, 0) is 14.8 Å². The first-order chi connectivity index (χ1) is 11.8. The number of nitrogens with one attached hydrogen (secondary N) is 2. The summed E-state index contributed by atoms with van der Waals surface area (Å²) in [7, 11) is -3.64. The molecule has 1 amide bonds. The van der Waals surface area contributed by atoms with Gasteiger partial charge in [-0.25, -0.2) is 17.9 Å². The number of amides is 1. The number of carbonyl (C=O) groups is 1. The van der Waals surface area contributed by atoms with Crippen LogP contribution in [0.25, 0.3) is 0 Å². The molecule has 0 atom stereocenters. The van der Waals surface area contributed by atoms with E-state index in [1.165, 1.54) is 24.3 Å². The van der Waals surface area contributed by atoms with E-state index in [0.717, 1.165) is 5.56 Å². The molecule has 0 aliphatic rings. The van der Waals surface area contributed by atoms with Gasteiger partial charge in [0.25, 0.3) is 0 Å². The molecule has 2 rings (SSSR count). The lowest BCUT2D eigenvalue weighted by Gasteiger charge is -2.09. The van der Waals surface area contributed by atoms with Crippen molar-refractivity contribution in [1.29, 1.82) is 0 Å². The lowest BCUT2D eigenvalue weighted by Crippen LogP contribution is -2.29. The Labute approximate surface area is 156 Å². The number of benzene rings is 2. The zero-order valence-electron chi connectivity index (χ0n) is 13.3. The van der Waals surface area contributed by atoms with E-state index in [1.54, 1.807) is 18.2 Å². The predicted molar refractivity (Wildman–Crippen MR) is 97.8 cm³/mol. The molecular weight excluding hydrogens is 387 g/mol. The number of hydrogen-bond acceptors (Lipinski definition) is 4. The summed E-state index contributed by atoms with van der Waals surface area (Å²) >= 11 is 11.6. The van der Waals surface area contributed by atoms with E-state index in [4.69, 9.17) is 27.9 Å². The molecule has 0 unspecified atom stereocenters. The van der Waals surface area contributed by atoms with Crippen LogP contribution in [-0.4, -0.2) is 27.7 Å². The first-order valence-electron chi connectivity index (χ1n) is 7.23. The zero-order valence-corrected chi connectivity index (χ0v) is 15.6. The smallest absolute Gasteiger partial charge is 0.411 e. The standard InChI is InChI=1S/C16H16Cl2N2O4S/c1-11-2-5-13(6-3-11)25(22,23)19-8-9-24-16(21)20-12-4-7-14(17)15(18)10-12/h2-7,10,19H,8-9H2,1H3,(H,20,21). The lowest BCUT2D eigenvalue weighted by molar-refractivity contribution is 0.164. The van der Waals surface area contributed by atoms with Gasteiger partial charge in [0, 0.05) is 12.2 Å². The van der Waals surface area contributed by atoms with Gasteiger partial charge in [0.1, 0.15) is 6.61 Å². The van der Waals surface area contributed by atoms with E-state index in [1.807, 2.05) is 6.92 Å². The SMILES string of the molecule is Cc1ccc(S(=O)(=O)NCCOC(=O)Nc2ccc(Cl)c(Cl)c2)cc1. The average molecular weight is 403 g/mol. The number of ether oxygens (including phenoxy) is 1. The minimum atomic E-state index is -3.64. The highest BCUT2D eigenvalue weighted by atomic mass is 35.5. The van der Waals surface area contributed by atoms with Crippen molar-refractivity contribution in [1.82, 2.24) is 4.72 Å². The highest BCUT2D eigenvalue weighted by Gasteiger charge is 2.13. The maximum atomic E-state index is 12.1. The van der Waals surface area contributed by atoms with Crippen LogP contribution in [0, 0.1) is 6.92 Å². The third-order valence-corrected chi connectivity index (χ3v) is 5.34. The number of anilines is 1. The first-order valence-corrected chi connectivity index (χ1v) is 9.47. The van der Waals surface area contributed by atoms with E-state index < -0.39 is 16.1 Å². The van der Waals surface area contributed by atoms with Crippen molar-refractivity contribution < 1.29 is 17.9 Å². The minimum absolute atomic E-state index is 0.0506. The van der Waals surface area contributed by atoms with Gasteiger partial charge in [-0.3, -0.25) is 5.32 Å². The molecule has 6 nitrogen and oxygen atoms in total. The Balaban J connectivity index is 1.79. The van der Waals surface area contributed by atoms with Crippen molar-refractivity contribution in [2.45, 2.75) is 11.8 Å². The van der Waals surface area contributed by atoms with Crippen LogP contribution in [0.4, 0.5) is 10.5 Å². The number of hydrogen-bond donors (Lipinski definition) is 2. The second-order valence-corrected chi connectivity index (χ2v) is 7.68. The number of halogens is 2. The summed E-state index contributed by atoms with van der Waals surface area (Å²) in [6.07, 6.45) is -0.729. The molecule has 0 saturated carbocycles. The zero-order chi connectivity index (χ0) is 18.4. The predicted octanol–water partition coefficient (Wildman–Crippen LogP) is 3.83. The maximum Gasteiger partial charge on any atom is 0.411 e. The average Bonchev–Trinajstić information content (AvgIpc) is 2.55. The van der Waals surface area contributed by atoms with Crippen LogP contribution >= 0.6 is 23.2 Å². The first kappa shape index (κ1) is 19.5. The highest BCUT2D eigenvalue weighted by molar-refractivity contribution is 7.89. The van der Waals surface area contributed by atoms with Crippen molar-refractivity contribution in [3.8, 4) is 0 Å². The Morgan fingerprint density at radius 3 is 2.40 bits per heavy atom. The summed E-state index contributed by atoms with van der Waals surface area (Å²) in [5.74, 6) is 0. The summed E-state index contributed by atoms with van der Waals surface area (Å²) in [6, 6.07) is 11.0. The number of sulfonamides is 1. The second kappa shape index (κ2) is 8.53. The van der Waals surface area contributed by atoms with Crippen molar-refractivity contribution >= 4 is 45.0 Å². The van der Waals surface area contributed by atoms with Gasteiger partial charge in [-0.15, -0.1) is 0 Å². The minimum Gasteiger partial charge on any atom is -0.448 e. The van der Waals surface area contributed by atoms with Crippen molar-refractivity contribution in [2.75, 3.05) is 18.5 Å². The third kappa shape index (κ3) is 5.89. The van der Waals surface area contributed by atoms with Crippen molar-refractivity contribution in [3.63, 3.8) is 0 Å². The summed E-state index contributed by atoms with van der Waals surface area (Å²) in [4.78, 5) is 11.8. The van der Waals surface area contributed by atoms with Gasteiger partial charge < -0.3 is 4.74 Å². The molecule has 0 spiro atoms. The molecule has 0 aliphatic heterocycles. The van der Waals surface area contributed by atoms with Crippen LogP contribution in [0.5, 0.6) is 0 Å². The molecular formula is C16H16Cl2N2O4S. The van der Waals surface area contributed by atoms with E-state index in [0.29, 0.717) is 15.7 Å². The quantitative estimate of drug-likeness (QED) is 0.718. The molecule has 0 saturated heterocycles. The highest BCUT2D eigenvalue weighted by Crippen LogP contribution is 2.25. The second-order valence-electron chi connectivity index (χ2n) is 5.10. The molecule has 0 fully saturated rings. The van der Waals surface area contributed by atoms with Gasteiger partial charge in [0.15, 0.2) is 0 Å². The van der Waals surface area contributed by atoms with Crippen LogP contribution in [0.1, 0.15) is 5.56 Å². The van der Waals surface area contributed by atoms with E-state index in [9.17, 15) is 13.2 Å². The molecule has 2 aromatic carbocycles. The Morgan fingerprint density at radius 2 is 1.76 bits per heavy atom. The van der Waals surface area contributed by atoms with E-state index >= 15 is 0 Å². The number of rotatable bonds is 6. The maximum absolute atomic E-state index is 12.1. The third-order valence-electron chi connectivity index (χ3n) is 3.12. The molecule has 0 radical (unpaired) electrons. The summed E-state index contributed by atoms with van der Waals surface area (Å²) in [5.41, 5.74) is 1.38. The Kier molecular flexibility index (Phi) is 6.66. The van der Waals surface area contributed by atoms with Gasteiger partial charge in [0.2, 0.25) is 10.0 Å². The molecule has 25 heavy (non-hydrogen) atoms. The Hall–Kier alpha value is -1.80. The van der Waals surface area contributed by atoms with Crippen molar-refractivity contribution in [2.24, 2.45) is 0 Å². The summed E-state index contributed by atoms with van der Waals surface area (Å²) < 4.78 is 31.4. The molecule has 0 heterocycles. The number of aryl methyl sites for hydroxylation is 1.